The van der Waals surface area contributed by atoms with Crippen LogP contribution in [0.15, 0.2) is 0 Å². The molecule has 0 amide bonds. The summed E-state index contributed by atoms with van der Waals surface area (Å²) in [5.41, 5.74) is 6.19. The van der Waals surface area contributed by atoms with E-state index in [1.54, 1.807) is 0 Å². The van der Waals surface area contributed by atoms with Gasteiger partial charge in [0.05, 0.1) is 12.2 Å². The van der Waals surface area contributed by atoms with E-state index in [1.807, 2.05) is 6.92 Å². The first kappa shape index (κ1) is 15.9. The minimum absolute atomic E-state index is 0.134. The number of ether oxygens (including phenoxy) is 1. The topological polar surface area (TPSA) is 55.5 Å². The van der Waals surface area contributed by atoms with Crippen LogP contribution in [0.4, 0.5) is 0 Å². The zero-order valence-electron chi connectivity index (χ0n) is 12.5. The third kappa shape index (κ3) is 4.22. The Morgan fingerprint density at radius 1 is 1.33 bits per heavy atom. The molecule has 1 rings (SSSR count). The van der Waals surface area contributed by atoms with Crippen LogP contribution in [0.1, 0.15) is 53.4 Å². The van der Waals surface area contributed by atoms with Crippen molar-refractivity contribution in [3.63, 3.8) is 0 Å². The molecule has 0 radical (unpaired) electrons. The van der Waals surface area contributed by atoms with E-state index >= 15 is 0 Å². The molecule has 0 saturated heterocycles. The van der Waals surface area contributed by atoms with Crippen LogP contribution in [-0.4, -0.2) is 30.5 Å². The Morgan fingerprint density at radius 2 is 1.89 bits per heavy atom. The Kier molecular flexibility index (Phi) is 5.63. The standard InChI is InChI=1S/C15H31NO2/c1-12(9-17)10-18-15(11-16)7-5-13(6-8-15)14(2,3)4/h12-13,17H,5-11,16H2,1-4H3. The SMILES string of the molecule is CC(CO)COC1(CN)CCC(C(C)(C)C)CC1. The van der Waals surface area contributed by atoms with E-state index in [0.29, 0.717) is 18.6 Å². The minimum Gasteiger partial charge on any atom is -0.396 e. The molecule has 0 spiro atoms. The Balaban J connectivity index is 2.49. The van der Waals surface area contributed by atoms with E-state index in [4.69, 9.17) is 15.6 Å². The zero-order valence-corrected chi connectivity index (χ0v) is 12.5. The van der Waals surface area contributed by atoms with Crippen LogP contribution in [0.2, 0.25) is 0 Å². The molecule has 1 atom stereocenters. The molecule has 1 saturated carbocycles. The first-order valence-electron chi connectivity index (χ1n) is 7.28. The van der Waals surface area contributed by atoms with Crippen molar-refractivity contribution in [3.05, 3.63) is 0 Å². The zero-order chi connectivity index (χ0) is 13.8. The minimum atomic E-state index is -0.134. The fourth-order valence-electron chi connectivity index (χ4n) is 2.79. The highest BCUT2D eigenvalue weighted by atomic mass is 16.5. The summed E-state index contributed by atoms with van der Waals surface area (Å²) in [6.07, 6.45) is 4.52. The van der Waals surface area contributed by atoms with Gasteiger partial charge in [-0.1, -0.05) is 27.7 Å². The number of hydrogen-bond acceptors (Lipinski definition) is 3. The first-order chi connectivity index (χ1) is 8.33. The van der Waals surface area contributed by atoms with Gasteiger partial charge < -0.3 is 15.6 Å². The van der Waals surface area contributed by atoms with Crippen molar-refractivity contribution >= 4 is 0 Å². The first-order valence-corrected chi connectivity index (χ1v) is 7.28. The van der Waals surface area contributed by atoms with Gasteiger partial charge in [-0.3, -0.25) is 0 Å². The van der Waals surface area contributed by atoms with Crippen LogP contribution in [0.5, 0.6) is 0 Å². The van der Waals surface area contributed by atoms with E-state index < -0.39 is 0 Å². The molecule has 1 aliphatic rings. The van der Waals surface area contributed by atoms with Crippen molar-refractivity contribution in [2.75, 3.05) is 19.8 Å². The molecule has 18 heavy (non-hydrogen) atoms. The van der Waals surface area contributed by atoms with Crippen molar-refractivity contribution in [2.45, 2.75) is 59.0 Å². The highest BCUT2D eigenvalue weighted by molar-refractivity contribution is 4.91. The van der Waals surface area contributed by atoms with Gasteiger partial charge in [-0.15, -0.1) is 0 Å². The largest absolute Gasteiger partial charge is 0.396 e. The molecule has 0 bridgehead atoms. The average molecular weight is 257 g/mol. The van der Waals surface area contributed by atoms with Gasteiger partial charge in [-0.05, 0) is 37.0 Å². The Labute approximate surface area is 112 Å². The molecule has 3 N–H and O–H groups in total. The van der Waals surface area contributed by atoms with Crippen molar-refractivity contribution in [2.24, 2.45) is 23.0 Å². The van der Waals surface area contributed by atoms with Crippen molar-refractivity contribution in [1.29, 1.82) is 0 Å². The molecule has 108 valence electrons. The lowest BCUT2D eigenvalue weighted by Gasteiger charge is -2.43. The number of rotatable bonds is 5. The lowest BCUT2D eigenvalue weighted by Crippen LogP contribution is -2.46. The normalized spacial score (nSPS) is 31.3. The average Bonchev–Trinajstić information content (AvgIpc) is 2.35. The van der Waals surface area contributed by atoms with Gasteiger partial charge in [-0.2, -0.15) is 0 Å². The second-order valence-corrected chi connectivity index (χ2v) is 7.13. The summed E-state index contributed by atoms with van der Waals surface area (Å²) in [6, 6.07) is 0. The van der Waals surface area contributed by atoms with E-state index in [-0.39, 0.29) is 18.1 Å². The fraction of sp³-hybridized carbons (Fsp3) is 1.00. The van der Waals surface area contributed by atoms with Gasteiger partial charge in [0.15, 0.2) is 0 Å². The third-order valence-electron chi connectivity index (χ3n) is 4.48. The Bertz CT molecular complexity index is 239. The van der Waals surface area contributed by atoms with Crippen LogP contribution in [0.3, 0.4) is 0 Å². The lowest BCUT2D eigenvalue weighted by molar-refractivity contribution is -0.0934. The highest BCUT2D eigenvalue weighted by Crippen LogP contribution is 2.42. The molecule has 0 aliphatic heterocycles. The van der Waals surface area contributed by atoms with Crippen LogP contribution in [0.25, 0.3) is 0 Å². The smallest absolute Gasteiger partial charge is 0.0804 e. The summed E-state index contributed by atoms with van der Waals surface area (Å²) in [4.78, 5) is 0. The third-order valence-corrected chi connectivity index (χ3v) is 4.48. The number of aliphatic hydroxyl groups is 1. The van der Waals surface area contributed by atoms with E-state index in [9.17, 15) is 0 Å². The van der Waals surface area contributed by atoms with Crippen molar-refractivity contribution in [3.8, 4) is 0 Å². The van der Waals surface area contributed by atoms with E-state index in [1.165, 1.54) is 12.8 Å². The van der Waals surface area contributed by atoms with Gasteiger partial charge in [0.25, 0.3) is 0 Å². The second kappa shape index (κ2) is 6.36. The number of aliphatic hydroxyl groups excluding tert-OH is 1. The predicted molar refractivity (Wildman–Crippen MR) is 75.4 cm³/mol. The monoisotopic (exact) mass is 257 g/mol. The highest BCUT2D eigenvalue weighted by Gasteiger charge is 2.38. The molecule has 1 fully saturated rings. The summed E-state index contributed by atoms with van der Waals surface area (Å²) >= 11 is 0. The van der Waals surface area contributed by atoms with Crippen molar-refractivity contribution in [1.82, 2.24) is 0 Å². The predicted octanol–water partition coefficient (Wildman–Crippen LogP) is 2.57. The molecule has 0 aromatic heterocycles. The van der Waals surface area contributed by atoms with Gasteiger partial charge >= 0.3 is 0 Å². The summed E-state index contributed by atoms with van der Waals surface area (Å²) in [5, 5.41) is 9.06. The summed E-state index contributed by atoms with van der Waals surface area (Å²) in [7, 11) is 0. The van der Waals surface area contributed by atoms with Gasteiger partial charge in [0.1, 0.15) is 0 Å². The molecular weight excluding hydrogens is 226 g/mol. The molecule has 0 aromatic carbocycles. The lowest BCUT2D eigenvalue weighted by atomic mass is 9.68. The van der Waals surface area contributed by atoms with Gasteiger partial charge in [0.2, 0.25) is 0 Å². The number of hydrogen-bond donors (Lipinski definition) is 2. The molecule has 0 aromatic rings. The van der Waals surface area contributed by atoms with Crippen LogP contribution < -0.4 is 5.73 Å². The molecular formula is C15H31NO2. The summed E-state index contributed by atoms with van der Waals surface area (Å²) < 4.78 is 6.05. The van der Waals surface area contributed by atoms with Gasteiger partial charge in [0, 0.05) is 19.1 Å². The molecule has 3 nitrogen and oxygen atoms in total. The van der Waals surface area contributed by atoms with E-state index in [2.05, 4.69) is 20.8 Å². The molecule has 3 heteroatoms. The fourth-order valence-corrected chi connectivity index (χ4v) is 2.79. The number of nitrogens with two attached hydrogens (primary N) is 1. The van der Waals surface area contributed by atoms with Crippen LogP contribution >= 0.6 is 0 Å². The quantitative estimate of drug-likeness (QED) is 0.796. The summed E-state index contributed by atoms with van der Waals surface area (Å²) in [6.45, 7) is 10.4. The van der Waals surface area contributed by atoms with Crippen molar-refractivity contribution < 1.29 is 9.84 Å². The maximum absolute atomic E-state index is 9.06. The van der Waals surface area contributed by atoms with Crippen LogP contribution in [0, 0.1) is 17.3 Å². The Morgan fingerprint density at radius 3 is 2.28 bits per heavy atom. The van der Waals surface area contributed by atoms with Gasteiger partial charge in [-0.25, -0.2) is 0 Å². The maximum Gasteiger partial charge on any atom is 0.0804 e. The summed E-state index contributed by atoms with van der Waals surface area (Å²) in [5.74, 6) is 0.977. The second-order valence-electron chi connectivity index (χ2n) is 7.13. The molecule has 1 aliphatic carbocycles. The molecule has 0 heterocycles. The maximum atomic E-state index is 9.06. The van der Waals surface area contributed by atoms with E-state index in [0.717, 1.165) is 18.8 Å². The molecule has 1 unspecified atom stereocenters. The Hall–Kier alpha value is -0.120. The van der Waals surface area contributed by atoms with Crippen LogP contribution in [-0.2, 0) is 4.74 Å².